The molecule has 90 valence electrons. The van der Waals surface area contributed by atoms with Crippen LogP contribution in [0.5, 0.6) is 0 Å². The largest absolute Gasteiger partial charge is 0.374 e. The molecule has 0 saturated heterocycles. The molecule has 0 radical (unpaired) electrons. The van der Waals surface area contributed by atoms with E-state index < -0.39 is 0 Å². The molecule has 0 spiro atoms. The van der Waals surface area contributed by atoms with Crippen LogP contribution in [0.15, 0.2) is 24.3 Å². The maximum absolute atomic E-state index is 6.19. The Morgan fingerprint density at radius 2 is 1.88 bits per heavy atom. The van der Waals surface area contributed by atoms with Gasteiger partial charge >= 0.3 is 0 Å². The third-order valence-corrected chi connectivity index (χ3v) is 2.97. The Morgan fingerprint density at radius 3 is 2.44 bits per heavy atom. The molecular weight excluding hydrogens is 220 g/mol. The molecule has 16 heavy (non-hydrogen) atoms. The van der Waals surface area contributed by atoms with Gasteiger partial charge in [0.15, 0.2) is 0 Å². The van der Waals surface area contributed by atoms with Crippen molar-refractivity contribution in [2.45, 2.75) is 39.7 Å². The summed E-state index contributed by atoms with van der Waals surface area (Å²) in [7, 11) is 0. The maximum Gasteiger partial charge on any atom is 0.0839 e. The van der Waals surface area contributed by atoms with E-state index in [0.717, 1.165) is 30.0 Å². The number of benzene rings is 1. The van der Waals surface area contributed by atoms with Crippen LogP contribution in [-0.4, -0.2) is 6.61 Å². The van der Waals surface area contributed by atoms with Gasteiger partial charge in [0.25, 0.3) is 0 Å². The number of halogens is 1. The lowest BCUT2D eigenvalue weighted by atomic mass is 10.00. The van der Waals surface area contributed by atoms with Gasteiger partial charge in [-0.15, -0.1) is 0 Å². The van der Waals surface area contributed by atoms with Gasteiger partial charge in [0, 0.05) is 11.6 Å². The average Bonchev–Trinajstić information content (AvgIpc) is 2.25. The van der Waals surface area contributed by atoms with Gasteiger partial charge in [-0.1, -0.05) is 43.6 Å². The molecule has 0 amide bonds. The molecule has 1 aromatic rings. The standard InChI is InChI=1S/C14H21ClO/c1-4-16-14(10-9-11(2)3)12-7-5-6-8-13(12)15/h5-8,11,14H,4,9-10H2,1-3H3. The fourth-order valence-electron chi connectivity index (χ4n) is 1.75. The van der Waals surface area contributed by atoms with Crippen molar-refractivity contribution in [2.75, 3.05) is 6.61 Å². The molecule has 0 saturated carbocycles. The number of ether oxygens (including phenoxy) is 1. The van der Waals surface area contributed by atoms with Crippen molar-refractivity contribution >= 4 is 11.6 Å². The Kier molecular flexibility index (Phi) is 5.86. The number of hydrogen-bond acceptors (Lipinski definition) is 1. The van der Waals surface area contributed by atoms with E-state index in [9.17, 15) is 0 Å². The quantitative estimate of drug-likeness (QED) is 0.691. The van der Waals surface area contributed by atoms with Gasteiger partial charge in [0.1, 0.15) is 0 Å². The van der Waals surface area contributed by atoms with Gasteiger partial charge in [-0.3, -0.25) is 0 Å². The van der Waals surface area contributed by atoms with Crippen LogP contribution >= 0.6 is 11.6 Å². The second-order valence-electron chi connectivity index (χ2n) is 4.44. The number of hydrogen-bond donors (Lipinski definition) is 0. The lowest BCUT2D eigenvalue weighted by Gasteiger charge is -2.19. The zero-order chi connectivity index (χ0) is 12.0. The molecule has 1 atom stereocenters. The van der Waals surface area contributed by atoms with E-state index in [2.05, 4.69) is 19.9 Å². The summed E-state index contributed by atoms with van der Waals surface area (Å²) < 4.78 is 5.77. The van der Waals surface area contributed by atoms with E-state index in [1.165, 1.54) is 0 Å². The lowest BCUT2D eigenvalue weighted by Crippen LogP contribution is -2.06. The highest BCUT2D eigenvalue weighted by Gasteiger charge is 2.14. The highest BCUT2D eigenvalue weighted by Crippen LogP contribution is 2.30. The SMILES string of the molecule is CCOC(CCC(C)C)c1ccccc1Cl. The van der Waals surface area contributed by atoms with Gasteiger partial charge in [-0.25, -0.2) is 0 Å². The molecule has 1 aromatic carbocycles. The molecule has 0 aliphatic rings. The molecule has 0 aromatic heterocycles. The Bertz CT molecular complexity index is 309. The minimum Gasteiger partial charge on any atom is -0.374 e. The molecular formula is C14H21ClO. The Labute approximate surface area is 104 Å². The van der Waals surface area contributed by atoms with Crippen molar-refractivity contribution in [3.8, 4) is 0 Å². The summed E-state index contributed by atoms with van der Waals surface area (Å²) in [5.41, 5.74) is 1.12. The van der Waals surface area contributed by atoms with Crippen molar-refractivity contribution < 1.29 is 4.74 Å². The highest BCUT2D eigenvalue weighted by molar-refractivity contribution is 6.31. The van der Waals surface area contributed by atoms with Crippen LogP contribution in [0, 0.1) is 5.92 Å². The molecule has 1 unspecified atom stereocenters. The first-order chi connectivity index (χ1) is 7.65. The fraction of sp³-hybridized carbons (Fsp3) is 0.571. The predicted octanol–water partition coefficient (Wildman–Crippen LogP) is 4.85. The van der Waals surface area contributed by atoms with E-state index in [4.69, 9.17) is 16.3 Å². The first kappa shape index (κ1) is 13.5. The second-order valence-corrected chi connectivity index (χ2v) is 4.84. The van der Waals surface area contributed by atoms with Crippen molar-refractivity contribution in [1.29, 1.82) is 0 Å². The second kappa shape index (κ2) is 6.93. The van der Waals surface area contributed by atoms with Crippen LogP contribution in [0.2, 0.25) is 5.02 Å². The van der Waals surface area contributed by atoms with Gasteiger partial charge in [0.05, 0.1) is 6.10 Å². The molecule has 0 bridgehead atoms. The summed E-state index contributed by atoms with van der Waals surface area (Å²) >= 11 is 6.19. The summed E-state index contributed by atoms with van der Waals surface area (Å²) in [5, 5.41) is 0.810. The number of rotatable bonds is 6. The average molecular weight is 241 g/mol. The predicted molar refractivity (Wildman–Crippen MR) is 69.9 cm³/mol. The first-order valence-electron chi connectivity index (χ1n) is 6.01. The summed E-state index contributed by atoms with van der Waals surface area (Å²) in [4.78, 5) is 0. The minimum absolute atomic E-state index is 0.140. The maximum atomic E-state index is 6.19. The summed E-state index contributed by atoms with van der Waals surface area (Å²) in [5.74, 6) is 0.699. The normalized spacial score (nSPS) is 13.1. The summed E-state index contributed by atoms with van der Waals surface area (Å²) in [6.45, 7) is 7.22. The van der Waals surface area contributed by atoms with Crippen LogP contribution in [0.1, 0.15) is 45.3 Å². The Balaban J connectivity index is 2.73. The molecule has 0 aliphatic carbocycles. The van der Waals surface area contributed by atoms with E-state index in [-0.39, 0.29) is 6.10 Å². The van der Waals surface area contributed by atoms with Crippen LogP contribution in [0.25, 0.3) is 0 Å². The monoisotopic (exact) mass is 240 g/mol. The summed E-state index contributed by atoms with van der Waals surface area (Å²) in [6.07, 6.45) is 2.34. The van der Waals surface area contributed by atoms with Crippen LogP contribution in [0.4, 0.5) is 0 Å². The third kappa shape index (κ3) is 4.15. The van der Waals surface area contributed by atoms with Crippen LogP contribution < -0.4 is 0 Å². The minimum atomic E-state index is 0.140. The van der Waals surface area contributed by atoms with E-state index >= 15 is 0 Å². The Hall–Kier alpha value is -0.530. The molecule has 0 aliphatic heterocycles. The van der Waals surface area contributed by atoms with Crippen molar-refractivity contribution in [3.05, 3.63) is 34.9 Å². The first-order valence-corrected chi connectivity index (χ1v) is 6.39. The topological polar surface area (TPSA) is 9.23 Å². The van der Waals surface area contributed by atoms with Gasteiger partial charge in [-0.2, -0.15) is 0 Å². The smallest absolute Gasteiger partial charge is 0.0839 e. The zero-order valence-corrected chi connectivity index (χ0v) is 11.1. The molecule has 0 N–H and O–H groups in total. The fourth-order valence-corrected chi connectivity index (χ4v) is 2.01. The van der Waals surface area contributed by atoms with Crippen LogP contribution in [0.3, 0.4) is 0 Å². The van der Waals surface area contributed by atoms with Crippen molar-refractivity contribution in [1.82, 2.24) is 0 Å². The molecule has 1 nitrogen and oxygen atoms in total. The van der Waals surface area contributed by atoms with Crippen LogP contribution in [-0.2, 0) is 4.74 Å². The van der Waals surface area contributed by atoms with Crippen molar-refractivity contribution in [3.63, 3.8) is 0 Å². The molecule has 0 fully saturated rings. The van der Waals surface area contributed by atoms with E-state index in [0.29, 0.717) is 5.92 Å². The van der Waals surface area contributed by atoms with Gasteiger partial charge in [-0.05, 0) is 37.3 Å². The molecule has 2 heteroatoms. The van der Waals surface area contributed by atoms with Gasteiger partial charge < -0.3 is 4.74 Å². The van der Waals surface area contributed by atoms with E-state index in [1.54, 1.807) is 0 Å². The van der Waals surface area contributed by atoms with Gasteiger partial charge in [0.2, 0.25) is 0 Å². The molecule has 1 rings (SSSR count). The van der Waals surface area contributed by atoms with Crippen molar-refractivity contribution in [2.24, 2.45) is 5.92 Å². The zero-order valence-electron chi connectivity index (χ0n) is 10.4. The van der Waals surface area contributed by atoms with E-state index in [1.807, 2.05) is 25.1 Å². The summed E-state index contributed by atoms with van der Waals surface area (Å²) in [6, 6.07) is 7.96. The molecule has 0 heterocycles. The lowest BCUT2D eigenvalue weighted by molar-refractivity contribution is 0.0523. The highest BCUT2D eigenvalue weighted by atomic mass is 35.5. The Morgan fingerprint density at radius 1 is 1.19 bits per heavy atom. The third-order valence-electron chi connectivity index (χ3n) is 2.63.